The van der Waals surface area contributed by atoms with Crippen LogP contribution in [0, 0.1) is 16.0 Å². The number of aromatic nitrogens is 1. The van der Waals surface area contributed by atoms with Gasteiger partial charge in [0, 0.05) is 23.7 Å². The highest BCUT2D eigenvalue weighted by molar-refractivity contribution is 5.94. The van der Waals surface area contributed by atoms with Gasteiger partial charge in [0.2, 0.25) is 5.91 Å². The number of fused-ring (bicyclic) bond motifs is 1. The lowest BCUT2D eigenvalue weighted by atomic mass is 9.88. The van der Waals surface area contributed by atoms with Gasteiger partial charge in [-0.1, -0.05) is 61.7 Å². The van der Waals surface area contributed by atoms with Crippen LogP contribution < -0.4 is 5.32 Å². The second-order valence-corrected chi connectivity index (χ2v) is 8.08. The first-order valence-corrected chi connectivity index (χ1v) is 10.8. The minimum Gasteiger partial charge on any atom is -0.505 e. The Bertz CT molecular complexity index is 1150. The van der Waals surface area contributed by atoms with Crippen molar-refractivity contribution in [2.75, 3.05) is 0 Å². The summed E-state index contributed by atoms with van der Waals surface area (Å²) in [4.78, 5) is 28.4. The second-order valence-electron chi connectivity index (χ2n) is 8.08. The maximum absolute atomic E-state index is 13.0. The molecule has 7 heteroatoms. The number of non-ortho nitro benzene ring substituents is 1. The Balaban J connectivity index is 1.77. The zero-order valence-corrected chi connectivity index (χ0v) is 17.6. The highest BCUT2D eigenvalue weighted by atomic mass is 16.6. The first kappa shape index (κ1) is 21.5. The number of nitrogens with one attached hydrogen (secondary N) is 1. The fourth-order valence-corrected chi connectivity index (χ4v) is 4.26. The van der Waals surface area contributed by atoms with E-state index in [0.29, 0.717) is 0 Å². The summed E-state index contributed by atoms with van der Waals surface area (Å²) in [5.74, 6) is -0.361. The van der Waals surface area contributed by atoms with Crippen LogP contribution >= 0.6 is 0 Å². The largest absolute Gasteiger partial charge is 0.505 e. The highest BCUT2D eigenvalue weighted by Gasteiger charge is 2.27. The topological polar surface area (TPSA) is 105 Å². The van der Waals surface area contributed by atoms with Gasteiger partial charge < -0.3 is 10.4 Å². The maximum atomic E-state index is 13.0. The van der Waals surface area contributed by atoms with Gasteiger partial charge in [-0.05, 0) is 30.5 Å². The molecule has 0 saturated heterocycles. The van der Waals surface area contributed by atoms with Crippen LogP contribution in [0.4, 0.5) is 5.69 Å². The van der Waals surface area contributed by atoms with Crippen molar-refractivity contribution in [2.45, 2.75) is 38.1 Å². The lowest BCUT2D eigenvalue weighted by Crippen LogP contribution is -2.34. The molecule has 1 aliphatic rings. The minimum atomic E-state index is -0.741. The lowest BCUT2D eigenvalue weighted by Gasteiger charge is -2.24. The van der Waals surface area contributed by atoms with Gasteiger partial charge in [-0.3, -0.25) is 19.9 Å². The smallest absolute Gasteiger partial charge is 0.279 e. The number of nitro benzene ring substituents is 1. The number of phenols is 1. The van der Waals surface area contributed by atoms with Crippen LogP contribution in [0.3, 0.4) is 0 Å². The van der Waals surface area contributed by atoms with E-state index in [1.807, 2.05) is 36.4 Å². The van der Waals surface area contributed by atoms with Crippen LogP contribution in [0.1, 0.15) is 49.3 Å². The Morgan fingerprint density at radius 1 is 1.16 bits per heavy atom. The molecule has 2 aromatic carbocycles. The summed E-state index contributed by atoms with van der Waals surface area (Å²) < 4.78 is 0. The van der Waals surface area contributed by atoms with Gasteiger partial charge >= 0.3 is 0 Å². The molecule has 32 heavy (non-hydrogen) atoms. The summed E-state index contributed by atoms with van der Waals surface area (Å²) in [6, 6.07) is 13.3. The molecule has 3 aromatic rings. The van der Waals surface area contributed by atoms with Crippen molar-refractivity contribution >= 4 is 28.6 Å². The molecule has 7 nitrogen and oxygen atoms in total. The van der Waals surface area contributed by atoms with E-state index in [0.717, 1.165) is 37.7 Å². The molecule has 0 spiro atoms. The maximum Gasteiger partial charge on any atom is 0.279 e. The number of hydrogen-bond donors (Lipinski definition) is 2. The number of carbonyl (C=O) groups excluding carboxylic acids is 1. The van der Waals surface area contributed by atoms with Gasteiger partial charge in [0.25, 0.3) is 5.69 Å². The van der Waals surface area contributed by atoms with Crippen molar-refractivity contribution in [1.29, 1.82) is 0 Å². The molecule has 1 aromatic heterocycles. The first-order valence-electron chi connectivity index (χ1n) is 10.8. The van der Waals surface area contributed by atoms with E-state index in [2.05, 4.69) is 10.3 Å². The number of rotatable bonds is 6. The van der Waals surface area contributed by atoms with E-state index in [1.54, 1.807) is 18.2 Å². The summed E-state index contributed by atoms with van der Waals surface area (Å²) in [6.07, 6.45) is 9.87. The van der Waals surface area contributed by atoms with Crippen LogP contribution in [-0.4, -0.2) is 20.9 Å². The molecule has 1 heterocycles. The first-order chi connectivity index (χ1) is 15.5. The number of aromatic hydroxyl groups is 1. The van der Waals surface area contributed by atoms with Gasteiger partial charge in [0.1, 0.15) is 11.3 Å². The van der Waals surface area contributed by atoms with Crippen LogP contribution in [-0.2, 0) is 4.79 Å². The van der Waals surface area contributed by atoms with E-state index < -0.39 is 11.0 Å². The fraction of sp³-hybridized carbons (Fsp3) is 0.280. The molecule has 0 radical (unpaired) electrons. The normalized spacial score (nSPS) is 15.6. The number of carbonyl (C=O) groups is 1. The Hall–Kier alpha value is -3.74. The van der Waals surface area contributed by atoms with Crippen molar-refractivity contribution in [1.82, 2.24) is 10.3 Å². The molecular formula is C25H25N3O4. The van der Waals surface area contributed by atoms with Crippen molar-refractivity contribution in [3.8, 4) is 5.75 Å². The quantitative estimate of drug-likeness (QED) is 0.407. The Morgan fingerprint density at radius 3 is 2.62 bits per heavy atom. The Morgan fingerprint density at radius 2 is 1.91 bits per heavy atom. The van der Waals surface area contributed by atoms with Gasteiger partial charge in [0.05, 0.1) is 16.4 Å². The number of hydrogen-bond acceptors (Lipinski definition) is 5. The molecule has 1 aliphatic carbocycles. The Kier molecular flexibility index (Phi) is 6.44. The summed E-state index contributed by atoms with van der Waals surface area (Å²) in [5.41, 5.74) is 1.14. The number of amides is 1. The zero-order chi connectivity index (χ0) is 22.5. The second kappa shape index (κ2) is 9.60. The van der Waals surface area contributed by atoms with E-state index in [4.69, 9.17) is 0 Å². The molecule has 1 saturated carbocycles. The Labute approximate surface area is 186 Å². The van der Waals surface area contributed by atoms with Crippen LogP contribution in [0.15, 0.2) is 60.8 Å². The zero-order valence-electron chi connectivity index (χ0n) is 17.6. The molecule has 0 unspecified atom stereocenters. The molecule has 1 atom stereocenters. The highest BCUT2D eigenvalue weighted by Crippen LogP contribution is 2.38. The van der Waals surface area contributed by atoms with Crippen molar-refractivity contribution in [3.63, 3.8) is 0 Å². The lowest BCUT2D eigenvalue weighted by molar-refractivity contribution is -0.383. The van der Waals surface area contributed by atoms with E-state index in [9.17, 15) is 20.0 Å². The molecule has 2 N–H and O–H groups in total. The minimum absolute atomic E-state index is 0.0907. The predicted molar refractivity (Wildman–Crippen MR) is 123 cm³/mol. The van der Waals surface area contributed by atoms with Crippen molar-refractivity contribution in [2.24, 2.45) is 5.92 Å². The summed E-state index contributed by atoms with van der Waals surface area (Å²) in [6.45, 7) is 0. The molecule has 1 amide bonds. The number of phenolic OH excluding ortho intramolecular Hbond substituents is 1. The van der Waals surface area contributed by atoms with E-state index in [-0.39, 0.29) is 39.7 Å². The van der Waals surface area contributed by atoms with Gasteiger partial charge in [-0.25, -0.2) is 0 Å². The van der Waals surface area contributed by atoms with Crippen LogP contribution in [0.25, 0.3) is 17.0 Å². The van der Waals surface area contributed by atoms with Crippen LogP contribution in [0.5, 0.6) is 5.75 Å². The van der Waals surface area contributed by atoms with Crippen LogP contribution in [0.2, 0.25) is 0 Å². The number of nitro groups is 1. The van der Waals surface area contributed by atoms with Gasteiger partial charge in [-0.2, -0.15) is 0 Å². The van der Waals surface area contributed by atoms with E-state index in [1.165, 1.54) is 12.3 Å². The molecule has 1 fully saturated rings. The molecule has 4 rings (SSSR count). The third-order valence-electron chi connectivity index (χ3n) is 5.96. The molecule has 164 valence electrons. The molecular weight excluding hydrogens is 406 g/mol. The van der Waals surface area contributed by atoms with E-state index >= 15 is 0 Å². The average molecular weight is 431 g/mol. The standard InChI is InChI=1S/C25H25N3O4/c29-24-20(16-22(28(31)32)19-12-7-15-26-23(19)24)21(14-13-17-8-3-1-4-9-17)27-25(30)18-10-5-2-6-11-18/h1,3-4,7-9,12-16,18,21,29H,2,5-6,10-11H2,(H,27,30)/b14-13+/t21-/m1/s1. The number of nitrogens with zero attached hydrogens (tertiary/aromatic N) is 2. The van der Waals surface area contributed by atoms with Gasteiger partial charge in [0.15, 0.2) is 0 Å². The molecule has 0 bridgehead atoms. The number of pyridine rings is 1. The fourth-order valence-electron chi connectivity index (χ4n) is 4.26. The molecule has 0 aliphatic heterocycles. The predicted octanol–water partition coefficient (Wildman–Crippen LogP) is 5.30. The number of benzene rings is 2. The van der Waals surface area contributed by atoms with Crippen molar-refractivity contribution in [3.05, 3.63) is 82.0 Å². The third kappa shape index (κ3) is 4.61. The summed E-state index contributed by atoms with van der Waals surface area (Å²) in [5, 5.41) is 26.0. The summed E-state index contributed by atoms with van der Waals surface area (Å²) >= 11 is 0. The van der Waals surface area contributed by atoms with Crippen molar-refractivity contribution < 1.29 is 14.8 Å². The SMILES string of the molecule is O=C(N[C@H](/C=C/c1ccccc1)c1cc([N+](=O)[O-])c2cccnc2c1O)C1CCCCC1. The monoisotopic (exact) mass is 431 g/mol. The average Bonchev–Trinajstić information content (AvgIpc) is 2.83. The van der Waals surface area contributed by atoms with Gasteiger partial charge in [-0.15, -0.1) is 0 Å². The summed E-state index contributed by atoms with van der Waals surface area (Å²) in [7, 11) is 0. The third-order valence-corrected chi connectivity index (χ3v) is 5.96.